The van der Waals surface area contributed by atoms with Crippen molar-refractivity contribution >= 4 is 17.7 Å². The number of likely N-dealkylation sites (tertiary alicyclic amines) is 2. The molecule has 7 heteroatoms. The van der Waals surface area contributed by atoms with Crippen molar-refractivity contribution in [1.29, 1.82) is 0 Å². The Balaban J connectivity index is 1.76. The molecule has 1 aromatic carbocycles. The number of nitrogens with zero attached hydrogens (tertiary/aromatic N) is 3. The van der Waals surface area contributed by atoms with E-state index >= 15 is 0 Å². The van der Waals surface area contributed by atoms with Gasteiger partial charge < -0.3 is 14.5 Å². The van der Waals surface area contributed by atoms with E-state index in [1.165, 1.54) is 17.7 Å². The van der Waals surface area contributed by atoms with Gasteiger partial charge in [0.2, 0.25) is 17.7 Å². The third-order valence-corrected chi connectivity index (χ3v) is 7.32. The van der Waals surface area contributed by atoms with E-state index in [9.17, 15) is 14.4 Å². The molecule has 2 atom stereocenters. The van der Waals surface area contributed by atoms with Crippen molar-refractivity contribution in [2.24, 2.45) is 0 Å². The third-order valence-electron chi connectivity index (χ3n) is 7.32. The molecule has 7 nitrogen and oxygen atoms in total. The number of amides is 3. The minimum atomic E-state index is -1.14. The highest BCUT2D eigenvalue weighted by molar-refractivity contribution is 6.10. The van der Waals surface area contributed by atoms with Gasteiger partial charge in [0.05, 0.1) is 5.41 Å². The van der Waals surface area contributed by atoms with E-state index in [0.29, 0.717) is 32.2 Å². The van der Waals surface area contributed by atoms with Crippen LogP contribution in [0.2, 0.25) is 0 Å². The van der Waals surface area contributed by atoms with Gasteiger partial charge in [-0.25, -0.2) is 0 Å². The molecule has 1 aromatic rings. The van der Waals surface area contributed by atoms with Gasteiger partial charge in [0.15, 0.2) is 0 Å². The van der Waals surface area contributed by atoms with Crippen LogP contribution in [0.25, 0.3) is 0 Å². The van der Waals surface area contributed by atoms with E-state index in [1.807, 2.05) is 38.2 Å². The van der Waals surface area contributed by atoms with Crippen LogP contribution in [0.15, 0.2) is 24.3 Å². The van der Waals surface area contributed by atoms with Gasteiger partial charge in [-0.05, 0) is 63.7 Å². The third kappa shape index (κ3) is 5.64. The zero-order valence-corrected chi connectivity index (χ0v) is 20.6. The van der Waals surface area contributed by atoms with Gasteiger partial charge in [0.1, 0.15) is 0 Å². The molecule has 2 unspecified atom stereocenters. The maximum atomic E-state index is 13.7. The first-order chi connectivity index (χ1) is 15.8. The van der Waals surface area contributed by atoms with E-state index < -0.39 is 5.41 Å². The molecule has 3 rings (SSSR count). The van der Waals surface area contributed by atoms with Crippen LogP contribution in [0.3, 0.4) is 0 Å². The standard InChI is InChI=1S/C26H39N3O4/c1-20-10-5-6-11-22(20)26(19-24(31)29(25(26)32)15-9-17-33-4)18-23(30)27(3)16-12-21(2)28-13-7-8-14-28/h5-6,10-11,21H,7-9,12-19H2,1-4H3. The lowest BCUT2D eigenvalue weighted by molar-refractivity contribution is -0.142. The smallest absolute Gasteiger partial charge is 0.240 e. The maximum absolute atomic E-state index is 13.7. The minimum absolute atomic E-state index is 0.0117. The van der Waals surface area contributed by atoms with Gasteiger partial charge in [-0.15, -0.1) is 0 Å². The first-order valence-corrected chi connectivity index (χ1v) is 12.2. The predicted octanol–water partition coefficient (Wildman–Crippen LogP) is 2.75. The molecule has 182 valence electrons. The fourth-order valence-electron chi connectivity index (χ4n) is 5.21. The fraction of sp³-hybridized carbons (Fsp3) is 0.654. The van der Waals surface area contributed by atoms with Gasteiger partial charge in [0, 0.05) is 52.7 Å². The lowest BCUT2D eigenvalue weighted by Crippen LogP contribution is -2.44. The van der Waals surface area contributed by atoms with Crippen molar-refractivity contribution in [2.75, 3.05) is 46.9 Å². The summed E-state index contributed by atoms with van der Waals surface area (Å²) in [5.41, 5.74) is 0.571. The molecule has 2 aliphatic heterocycles. The summed E-state index contributed by atoms with van der Waals surface area (Å²) in [5.74, 6) is -0.561. The van der Waals surface area contributed by atoms with Crippen LogP contribution in [-0.4, -0.2) is 85.4 Å². The van der Waals surface area contributed by atoms with E-state index in [2.05, 4.69) is 11.8 Å². The minimum Gasteiger partial charge on any atom is -0.385 e. The summed E-state index contributed by atoms with van der Waals surface area (Å²) in [4.78, 5) is 45.5. The Morgan fingerprint density at radius 1 is 1.21 bits per heavy atom. The van der Waals surface area contributed by atoms with Crippen molar-refractivity contribution in [1.82, 2.24) is 14.7 Å². The summed E-state index contributed by atoms with van der Waals surface area (Å²) in [6, 6.07) is 8.05. The summed E-state index contributed by atoms with van der Waals surface area (Å²) in [6.07, 6.45) is 4.02. The number of carbonyl (C=O) groups excluding carboxylic acids is 3. The van der Waals surface area contributed by atoms with Crippen molar-refractivity contribution in [3.05, 3.63) is 35.4 Å². The van der Waals surface area contributed by atoms with Crippen LogP contribution in [0.1, 0.15) is 56.6 Å². The Labute approximate surface area is 198 Å². The number of hydrogen-bond acceptors (Lipinski definition) is 5. The second kappa shape index (κ2) is 11.3. The molecule has 2 fully saturated rings. The van der Waals surface area contributed by atoms with Crippen molar-refractivity contribution in [3.8, 4) is 0 Å². The Bertz CT molecular complexity index is 852. The molecule has 0 radical (unpaired) electrons. The molecule has 2 heterocycles. The maximum Gasteiger partial charge on any atom is 0.240 e. The van der Waals surface area contributed by atoms with Crippen molar-refractivity contribution in [3.63, 3.8) is 0 Å². The molecule has 0 saturated carbocycles. The van der Waals surface area contributed by atoms with Gasteiger partial charge in [0.25, 0.3) is 0 Å². The molecular weight excluding hydrogens is 418 g/mol. The zero-order valence-electron chi connectivity index (χ0n) is 20.6. The second-order valence-electron chi connectivity index (χ2n) is 9.64. The Morgan fingerprint density at radius 2 is 1.91 bits per heavy atom. The number of carbonyl (C=O) groups is 3. The summed E-state index contributed by atoms with van der Waals surface area (Å²) >= 11 is 0. The number of hydrogen-bond donors (Lipinski definition) is 0. The van der Waals surface area contributed by atoms with E-state index in [1.54, 1.807) is 12.0 Å². The van der Waals surface area contributed by atoms with Crippen LogP contribution in [0, 0.1) is 6.92 Å². The molecule has 0 aliphatic carbocycles. The van der Waals surface area contributed by atoms with Gasteiger partial charge in [-0.2, -0.15) is 0 Å². The first-order valence-electron chi connectivity index (χ1n) is 12.2. The molecule has 33 heavy (non-hydrogen) atoms. The Morgan fingerprint density at radius 3 is 2.58 bits per heavy atom. The molecular formula is C26H39N3O4. The number of ether oxygens (including phenoxy) is 1. The Hall–Kier alpha value is -2.25. The normalized spacial score (nSPS) is 22.2. The molecule has 0 N–H and O–H groups in total. The lowest BCUT2D eigenvalue weighted by Gasteiger charge is -2.31. The van der Waals surface area contributed by atoms with Crippen LogP contribution < -0.4 is 0 Å². The highest BCUT2D eigenvalue weighted by atomic mass is 16.5. The number of methoxy groups -OCH3 is 1. The highest BCUT2D eigenvalue weighted by Crippen LogP contribution is 2.41. The van der Waals surface area contributed by atoms with Crippen LogP contribution in [0.5, 0.6) is 0 Å². The lowest BCUT2D eigenvalue weighted by atomic mass is 9.74. The Kier molecular flexibility index (Phi) is 8.65. The monoisotopic (exact) mass is 457 g/mol. The van der Waals surface area contributed by atoms with Crippen LogP contribution in [0.4, 0.5) is 0 Å². The highest BCUT2D eigenvalue weighted by Gasteiger charge is 2.54. The summed E-state index contributed by atoms with van der Waals surface area (Å²) in [7, 11) is 3.41. The fourth-order valence-corrected chi connectivity index (χ4v) is 5.21. The zero-order chi connectivity index (χ0) is 24.0. The SMILES string of the molecule is COCCCN1C(=O)CC(CC(=O)N(C)CCC(C)N2CCCC2)(c2ccccc2C)C1=O. The van der Waals surface area contributed by atoms with E-state index in [0.717, 1.165) is 30.6 Å². The van der Waals surface area contributed by atoms with Crippen LogP contribution in [-0.2, 0) is 24.5 Å². The van der Waals surface area contributed by atoms with E-state index in [4.69, 9.17) is 4.74 Å². The van der Waals surface area contributed by atoms with Crippen molar-refractivity contribution in [2.45, 2.75) is 63.8 Å². The van der Waals surface area contributed by atoms with Gasteiger partial charge in [-0.1, -0.05) is 24.3 Å². The summed E-state index contributed by atoms with van der Waals surface area (Å²) < 4.78 is 5.09. The van der Waals surface area contributed by atoms with Crippen LogP contribution >= 0.6 is 0 Å². The largest absolute Gasteiger partial charge is 0.385 e. The molecule has 0 bridgehead atoms. The molecule has 0 spiro atoms. The quantitative estimate of drug-likeness (QED) is 0.378. The molecule has 2 aliphatic rings. The number of benzene rings is 1. The summed E-state index contributed by atoms with van der Waals surface area (Å²) in [6.45, 7) is 7.85. The van der Waals surface area contributed by atoms with Gasteiger partial charge >= 0.3 is 0 Å². The molecule has 3 amide bonds. The molecule has 0 aromatic heterocycles. The predicted molar refractivity (Wildman–Crippen MR) is 128 cm³/mol. The average Bonchev–Trinajstić information content (AvgIpc) is 3.41. The van der Waals surface area contributed by atoms with Crippen molar-refractivity contribution < 1.29 is 19.1 Å². The van der Waals surface area contributed by atoms with E-state index in [-0.39, 0.29) is 30.6 Å². The first kappa shape index (κ1) is 25.4. The number of rotatable bonds is 11. The second-order valence-corrected chi connectivity index (χ2v) is 9.64. The van der Waals surface area contributed by atoms with Gasteiger partial charge in [-0.3, -0.25) is 19.3 Å². The average molecular weight is 458 g/mol. The topological polar surface area (TPSA) is 70.2 Å². The number of imide groups is 1. The molecule has 2 saturated heterocycles. The number of aryl methyl sites for hydroxylation is 1. The summed E-state index contributed by atoms with van der Waals surface area (Å²) in [5, 5.41) is 0.